The highest BCUT2D eigenvalue weighted by Crippen LogP contribution is 2.29. The number of esters is 1. The predicted octanol–water partition coefficient (Wildman–Crippen LogP) is 0.962. The van der Waals surface area contributed by atoms with E-state index in [2.05, 4.69) is 5.32 Å². The Morgan fingerprint density at radius 2 is 2.08 bits per heavy atom. The standard InChI is InChI=1S/C18H24N2O5/c1-12-5-4-6-15(13(12)2)20-10-14(9-17(20)22)18(23)25-11-16(21)19-7-8-24-3/h4-6,14H,7-11H2,1-3H3,(H,19,21)/t14-/m0/s1. The number of amides is 2. The van der Waals surface area contributed by atoms with E-state index in [1.807, 2.05) is 32.0 Å². The van der Waals surface area contributed by atoms with Crippen molar-refractivity contribution in [1.29, 1.82) is 0 Å². The van der Waals surface area contributed by atoms with Crippen LogP contribution in [0.2, 0.25) is 0 Å². The molecule has 7 heteroatoms. The summed E-state index contributed by atoms with van der Waals surface area (Å²) in [6.45, 7) is 4.60. The number of hydrogen-bond acceptors (Lipinski definition) is 5. The van der Waals surface area contributed by atoms with Crippen LogP contribution < -0.4 is 10.2 Å². The molecule has 0 unspecified atom stereocenters. The van der Waals surface area contributed by atoms with E-state index in [0.717, 1.165) is 16.8 Å². The number of nitrogens with one attached hydrogen (secondary N) is 1. The van der Waals surface area contributed by atoms with E-state index >= 15 is 0 Å². The molecule has 1 heterocycles. The number of carbonyl (C=O) groups excluding carboxylic acids is 3. The van der Waals surface area contributed by atoms with Gasteiger partial charge in [-0.05, 0) is 31.0 Å². The quantitative estimate of drug-likeness (QED) is 0.586. The van der Waals surface area contributed by atoms with E-state index in [1.54, 1.807) is 4.90 Å². The Bertz CT molecular complexity index is 659. The zero-order valence-corrected chi connectivity index (χ0v) is 14.8. The number of nitrogens with zero attached hydrogens (tertiary/aromatic N) is 1. The molecule has 0 aliphatic carbocycles. The molecule has 1 aliphatic heterocycles. The van der Waals surface area contributed by atoms with Crippen LogP contribution in [0.1, 0.15) is 17.5 Å². The van der Waals surface area contributed by atoms with Gasteiger partial charge in [-0.25, -0.2) is 0 Å². The van der Waals surface area contributed by atoms with Crippen molar-refractivity contribution in [3.05, 3.63) is 29.3 Å². The fraction of sp³-hybridized carbons (Fsp3) is 0.500. The van der Waals surface area contributed by atoms with Crippen LogP contribution in [0.3, 0.4) is 0 Å². The Balaban J connectivity index is 1.90. The number of ether oxygens (including phenoxy) is 2. The van der Waals surface area contributed by atoms with E-state index in [4.69, 9.17) is 9.47 Å². The van der Waals surface area contributed by atoms with Crippen LogP contribution in [0.25, 0.3) is 0 Å². The van der Waals surface area contributed by atoms with E-state index in [0.29, 0.717) is 13.2 Å². The minimum absolute atomic E-state index is 0.0948. The van der Waals surface area contributed by atoms with E-state index in [-0.39, 0.29) is 31.4 Å². The smallest absolute Gasteiger partial charge is 0.311 e. The minimum atomic E-state index is -0.556. The lowest BCUT2D eigenvalue weighted by atomic mass is 10.1. The van der Waals surface area contributed by atoms with Gasteiger partial charge in [0.05, 0.1) is 12.5 Å². The molecule has 136 valence electrons. The largest absolute Gasteiger partial charge is 0.455 e. The molecule has 1 saturated heterocycles. The van der Waals surface area contributed by atoms with Crippen molar-refractivity contribution in [3.63, 3.8) is 0 Å². The van der Waals surface area contributed by atoms with Crippen LogP contribution >= 0.6 is 0 Å². The number of hydrogen-bond donors (Lipinski definition) is 1. The Morgan fingerprint density at radius 1 is 1.32 bits per heavy atom. The summed E-state index contributed by atoms with van der Waals surface area (Å²) in [4.78, 5) is 37.6. The molecule has 2 rings (SSSR count). The first-order valence-electron chi connectivity index (χ1n) is 8.23. The lowest BCUT2D eigenvalue weighted by Gasteiger charge is -2.20. The molecular weight excluding hydrogens is 324 g/mol. The summed E-state index contributed by atoms with van der Waals surface area (Å²) in [5, 5.41) is 2.57. The van der Waals surface area contributed by atoms with E-state index in [1.165, 1.54) is 7.11 Å². The summed E-state index contributed by atoms with van der Waals surface area (Å²) in [6, 6.07) is 5.74. The van der Waals surface area contributed by atoms with Crippen molar-refractivity contribution < 1.29 is 23.9 Å². The predicted molar refractivity (Wildman–Crippen MR) is 92.2 cm³/mol. The number of rotatable bonds is 7. The number of carbonyl (C=O) groups is 3. The van der Waals surface area contributed by atoms with Gasteiger partial charge in [-0.3, -0.25) is 14.4 Å². The highest BCUT2D eigenvalue weighted by molar-refractivity contribution is 6.00. The maximum Gasteiger partial charge on any atom is 0.311 e. The summed E-state index contributed by atoms with van der Waals surface area (Å²) < 4.78 is 9.85. The molecule has 1 aromatic carbocycles. The van der Waals surface area contributed by atoms with Crippen LogP contribution in [-0.4, -0.2) is 51.2 Å². The SMILES string of the molecule is COCCNC(=O)COC(=O)[C@H]1CC(=O)N(c2cccc(C)c2C)C1. The lowest BCUT2D eigenvalue weighted by Crippen LogP contribution is -2.33. The van der Waals surface area contributed by atoms with Crippen molar-refractivity contribution in [3.8, 4) is 0 Å². The van der Waals surface area contributed by atoms with Gasteiger partial charge in [0, 0.05) is 32.3 Å². The third-order valence-corrected chi connectivity index (χ3v) is 4.30. The van der Waals surface area contributed by atoms with Crippen molar-refractivity contribution in [2.75, 3.05) is 38.3 Å². The molecule has 25 heavy (non-hydrogen) atoms. The van der Waals surface area contributed by atoms with Crippen molar-refractivity contribution in [2.45, 2.75) is 20.3 Å². The Kier molecular flexibility index (Phi) is 6.52. The van der Waals surface area contributed by atoms with Crippen molar-refractivity contribution >= 4 is 23.5 Å². The summed E-state index contributed by atoms with van der Waals surface area (Å²) in [5.41, 5.74) is 2.92. The van der Waals surface area contributed by atoms with Gasteiger partial charge in [0.25, 0.3) is 5.91 Å². The third kappa shape index (κ3) is 4.79. The molecule has 1 fully saturated rings. The van der Waals surface area contributed by atoms with Gasteiger partial charge in [0.2, 0.25) is 5.91 Å². The van der Waals surface area contributed by atoms with Crippen molar-refractivity contribution in [1.82, 2.24) is 5.32 Å². The molecule has 2 amide bonds. The monoisotopic (exact) mass is 348 g/mol. The van der Waals surface area contributed by atoms with Gasteiger partial charge in [-0.15, -0.1) is 0 Å². The Labute approximate surface area is 147 Å². The van der Waals surface area contributed by atoms with Crippen LogP contribution in [-0.2, 0) is 23.9 Å². The summed E-state index contributed by atoms with van der Waals surface area (Å²) >= 11 is 0. The van der Waals surface area contributed by atoms with Crippen molar-refractivity contribution in [2.24, 2.45) is 5.92 Å². The molecule has 1 atom stereocenters. The summed E-state index contributed by atoms with van der Waals surface area (Å²) in [6.07, 6.45) is 0.0948. The van der Waals surface area contributed by atoms with E-state index in [9.17, 15) is 14.4 Å². The van der Waals surface area contributed by atoms with Crippen LogP contribution in [0, 0.1) is 19.8 Å². The minimum Gasteiger partial charge on any atom is -0.455 e. The molecule has 0 bridgehead atoms. The van der Waals surface area contributed by atoms with Gasteiger partial charge in [-0.1, -0.05) is 12.1 Å². The van der Waals surface area contributed by atoms with Gasteiger partial charge in [0.1, 0.15) is 0 Å². The highest BCUT2D eigenvalue weighted by atomic mass is 16.5. The fourth-order valence-corrected chi connectivity index (χ4v) is 2.72. The van der Waals surface area contributed by atoms with Crippen LogP contribution in [0.4, 0.5) is 5.69 Å². The molecule has 0 aromatic heterocycles. The maximum absolute atomic E-state index is 12.3. The maximum atomic E-state index is 12.3. The van der Waals surface area contributed by atoms with Gasteiger partial charge in [0.15, 0.2) is 6.61 Å². The molecule has 1 aromatic rings. The van der Waals surface area contributed by atoms with Gasteiger partial charge in [-0.2, -0.15) is 0 Å². The molecule has 0 spiro atoms. The van der Waals surface area contributed by atoms with Crippen LogP contribution in [0.5, 0.6) is 0 Å². The average Bonchev–Trinajstić information content (AvgIpc) is 2.97. The van der Waals surface area contributed by atoms with Crippen LogP contribution in [0.15, 0.2) is 18.2 Å². The van der Waals surface area contributed by atoms with Gasteiger partial charge >= 0.3 is 5.97 Å². The lowest BCUT2D eigenvalue weighted by molar-refractivity contribution is -0.152. The molecule has 1 N–H and O–H groups in total. The number of benzene rings is 1. The molecule has 0 saturated carbocycles. The number of methoxy groups -OCH3 is 1. The first-order chi connectivity index (χ1) is 11.9. The topological polar surface area (TPSA) is 84.9 Å². The second kappa shape index (κ2) is 8.62. The first kappa shape index (κ1) is 18.9. The molecular formula is C18H24N2O5. The Morgan fingerprint density at radius 3 is 2.80 bits per heavy atom. The first-order valence-corrected chi connectivity index (χ1v) is 8.23. The zero-order valence-electron chi connectivity index (χ0n) is 14.8. The average molecular weight is 348 g/mol. The molecule has 1 aliphatic rings. The van der Waals surface area contributed by atoms with E-state index < -0.39 is 11.9 Å². The highest BCUT2D eigenvalue weighted by Gasteiger charge is 2.36. The second-order valence-corrected chi connectivity index (χ2v) is 6.07. The Hall–Kier alpha value is -2.41. The normalized spacial score (nSPS) is 16.8. The third-order valence-electron chi connectivity index (χ3n) is 4.30. The molecule has 0 radical (unpaired) electrons. The number of anilines is 1. The summed E-state index contributed by atoms with van der Waals surface area (Å²) in [7, 11) is 1.53. The van der Waals surface area contributed by atoms with Gasteiger partial charge < -0.3 is 19.7 Å². The second-order valence-electron chi connectivity index (χ2n) is 6.07. The molecule has 7 nitrogen and oxygen atoms in total. The fourth-order valence-electron chi connectivity index (χ4n) is 2.72. The zero-order chi connectivity index (χ0) is 18.4. The number of aryl methyl sites for hydroxylation is 1. The summed E-state index contributed by atoms with van der Waals surface area (Å²) in [5.74, 6) is -1.58.